The molecule has 1 saturated carbocycles. The van der Waals surface area contributed by atoms with Crippen molar-refractivity contribution in [2.75, 3.05) is 19.8 Å². The van der Waals surface area contributed by atoms with Crippen LogP contribution in [0.2, 0.25) is 0 Å². The summed E-state index contributed by atoms with van der Waals surface area (Å²) in [7, 11) is -5.02. The third-order valence-electron chi connectivity index (χ3n) is 12.3. The molecule has 0 saturated heterocycles. The van der Waals surface area contributed by atoms with Crippen molar-refractivity contribution in [3.05, 3.63) is 36.5 Å². The molecular formula is C52H97O12P. The number of hydrogen-bond donors (Lipinski definition) is 6. The first-order valence-corrected chi connectivity index (χ1v) is 27.8. The quantitative estimate of drug-likeness (QED) is 0.0147. The number of esters is 1. The minimum absolute atomic E-state index is 0.0767. The van der Waals surface area contributed by atoms with Crippen molar-refractivity contribution in [1.82, 2.24) is 0 Å². The second-order valence-electron chi connectivity index (χ2n) is 18.4. The number of phosphoric acid groups is 1. The number of carbonyl (C=O) groups excluding carboxylic acids is 1. The predicted octanol–water partition coefficient (Wildman–Crippen LogP) is 11.8. The first-order chi connectivity index (χ1) is 31.5. The van der Waals surface area contributed by atoms with E-state index in [1.54, 1.807) is 0 Å². The summed E-state index contributed by atoms with van der Waals surface area (Å²) >= 11 is 0. The molecule has 13 heteroatoms. The lowest BCUT2D eigenvalue weighted by molar-refractivity contribution is -0.220. The van der Waals surface area contributed by atoms with Gasteiger partial charge < -0.3 is 39.9 Å². The Hall–Kier alpha value is -1.44. The Labute approximate surface area is 395 Å². The highest BCUT2D eigenvalue weighted by molar-refractivity contribution is 7.47. The highest BCUT2D eigenvalue weighted by Crippen LogP contribution is 2.47. The van der Waals surface area contributed by atoms with Gasteiger partial charge in [0.1, 0.15) is 42.7 Å². The molecule has 6 N–H and O–H groups in total. The molecule has 0 aliphatic heterocycles. The lowest BCUT2D eigenvalue weighted by Gasteiger charge is -2.41. The molecule has 0 aromatic heterocycles. The average molecular weight is 945 g/mol. The van der Waals surface area contributed by atoms with Crippen LogP contribution in [0.5, 0.6) is 0 Å². The molecule has 0 spiro atoms. The Bertz CT molecular complexity index is 1210. The summed E-state index contributed by atoms with van der Waals surface area (Å²) in [5.74, 6) is -0.481. The number of unbranched alkanes of at least 4 members (excludes halogenated alkanes) is 27. The van der Waals surface area contributed by atoms with Gasteiger partial charge >= 0.3 is 13.8 Å². The molecule has 1 rings (SSSR count). The summed E-state index contributed by atoms with van der Waals surface area (Å²) in [6.45, 7) is 4.27. The van der Waals surface area contributed by atoms with Crippen molar-refractivity contribution in [2.24, 2.45) is 0 Å². The Balaban J connectivity index is 2.32. The fourth-order valence-corrected chi connectivity index (χ4v) is 9.04. The predicted molar refractivity (Wildman–Crippen MR) is 263 cm³/mol. The molecule has 0 aromatic carbocycles. The highest BCUT2D eigenvalue weighted by Gasteiger charge is 2.51. The fourth-order valence-electron chi connectivity index (χ4n) is 8.07. The monoisotopic (exact) mass is 945 g/mol. The van der Waals surface area contributed by atoms with Gasteiger partial charge in [-0.25, -0.2) is 4.57 Å². The number of hydrogen-bond acceptors (Lipinski definition) is 11. The molecular weight excluding hydrogens is 848 g/mol. The number of rotatable bonds is 45. The molecule has 0 bridgehead atoms. The zero-order valence-corrected chi connectivity index (χ0v) is 41.9. The lowest BCUT2D eigenvalue weighted by atomic mass is 9.85. The Morgan fingerprint density at radius 3 is 1.31 bits per heavy atom. The van der Waals surface area contributed by atoms with E-state index in [-0.39, 0.29) is 13.0 Å². The zero-order chi connectivity index (χ0) is 47.6. The summed E-state index contributed by atoms with van der Waals surface area (Å²) in [5, 5.41) is 50.3. The van der Waals surface area contributed by atoms with Gasteiger partial charge in [0.25, 0.3) is 0 Å². The Morgan fingerprint density at radius 2 is 0.862 bits per heavy atom. The van der Waals surface area contributed by atoms with Gasteiger partial charge in [0.2, 0.25) is 0 Å². The van der Waals surface area contributed by atoms with Crippen LogP contribution in [0.15, 0.2) is 36.5 Å². The molecule has 6 unspecified atom stereocenters. The van der Waals surface area contributed by atoms with E-state index in [4.69, 9.17) is 18.5 Å². The molecule has 382 valence electrons. The van der Waals surface area contributed by atoms with E-state index in [0.29, 0.717) is 13.0 Å². The molecule has 6 atom stereocenters. The van der Waals surface area contributed by atoms with Gasteiger partial charge in [-0.1, -0.05) is 204 Å². The number of aliphatic hydroxyl groups excluding tert-OH is 5. The third kappa shape index (κ3) is 34.5. The van der Waals surface area contributed by atoms with Crippen LogP contribution in [0.25, 0.3) is 0 Å². The van der Waals surface area contributed by atoms with Crippen molar-refractivity contribution in [3.8, 4) is 0 Å². The maximum absolute atomic E-state index is 12.9. The number of carbonyl (C=O) groups is 1. The van der Waals surface area contributed by atoms with Crippen LogP contribution >= 0.6 is 7.82 Å². The molecule has 0 radical (unpaired) electrons. The van der Waals surface area contributed by atoms with Crippen LogP contribution in [-0.4, -0.2) is 98.9 Å². The van der Waals surface area contributed by atoms with Crippen LogP contribution in [0.4, 0.5) is 0 Å². The van der Waals surface area contributed by atoms with Gasteiger partial charge in [0.15, 0.2) is 0 Å². The van der Waals surface area contributed by atoms with Crippen LogP contribution < -0.4 is 0 Å². The summed E-state index contributed by atoms with van der Waals surface area (Å²) in [5.41, 5.74) is 0. The molecule has 1 aliphatic carbocycles. The van der Waals surface area contributed by atoms with E-state index < -0.39 is 63.1 Å². The summed E-state index contributed by atoms with van der Waals surface area (Å²) in [6.07, 6.45) is 39.2. The topological polar surface area (TPSA) is 192 Å². The smallest absolute Gasteiger partial charge is 0.457 e. The largest absolute Gasteiger partial charge is 0.472 e. The van der Waals surface area contributed by atoms with Crippen molar-refractivity contribution < 1.29 is 58.3 Å². The first-order valence-electron chi connectivity index (χ1n) is 26.3. The van der Waals surface area contributed by atoms with Crippen LogP contribution in [0.3, 0.4) is 0 Å². The molecule has 0 aromatic rings. The molecule has 65 heavy (non-hydrogen) atoms. The maximum Gasteiger partial charge on any atom is 0.472 e. The van der Waals surface area contributed by atoms with Crippen LogP contribution in [0.1, 0.15) is 226 Å². The van der Waals surface area contributed by atoms with Gasteiger partial charge in [-0.3, -0.25) is 13.8 Å². The highest BCUT2D eigenvalue weighted by atomic mass is 31.2. The van der Waals surface area contributed by atoms with Gasteiger partial charge in [0.05, 0.1) is 13.2 Å². The van der Waals surface area contributed by atoms with Crippen molar-refractivity contribution in [1.29, 1.82) is 0 Å². The fraction of sp³-hybridized carbons (Fsp3) is 0.865. The van der Waals surface area contributed by atoms with Crippen molar-refractivity contribution in [3.63, 3.8) is 0 Å². The van der Waals surface area contributed by atoms with Crippen LogP contribution in [0, 0.1) is 0 Å². The Kier molecular flexibility index (Phi) is 40.4. The third-order valence-corrected chi connectivity index (χ3v) is 13.3. The van der Waals surface area contributed by atoms with Gasteiger partial charge in [-0.15, -0.1) is 0 Å². The summed E-state index contributed by atoms with van der Waals surface area (Å²) in [6, 6.07) is 0. The van der Waals surface area contributed by atoms with E-state index in [1.165, 1.54) is 135 Å². The van der Waals surface area contributed by atoms with E-state index in [9.17, 15) is 39.8 Å². The minimum atomic E-state index is -5.02. The van der Waals surface area contributed by atoms with Gasteiger partial charge in [-0.2, -0.15) is 0 Å². The molecule has 0 heterocycles. The minimum Gasteiger partial charge on any atom is -0.457 e. The lowest BCUT2D eigenvalue weighted by Crippen LogP contribution is -2.64. The van der Waals surface area contributed by atoms with Crippen LogP contribution in [-0.2, 0) is 27.9 Å². The second-order valence-corrected chi connectivity index (χ2v) is 19.8. The van der Waals surface area contributed by atoms with E-state index >= 15 is 0 Å². The summed E-state index contributed by atoms with van der Waals surface area (Å²) in [4.78, 5) is 23.2. The molecule has 1 aliphatic rings. The van der Waals surface area contributed by atoms with Gasteiger partial charge in [0, 0.05) is 13.0 Å². The number of aliphatic hydroxyl groups is 5. The molecule has 12 nitrogen and oxygen atoms in total. The zero-order valence-electron chi connectivity index (χ0n) is 41.0. The average Bonchev–Trinajstić information content (AvgIpc) is 3.29. The Morgan fingerprint density at radius 1 is 0.492 bits per heavy atom. The van der Waals surface area contributed by atoms with E-state index in [1.807, 2.05) is 0 Å². The normalized spacial score (nSPS) is 21.8. The first kappa shape index (κ1) is 61.6. The van der Waals surface area contributed by atoms with Crippen molar-refractivity contribution in [2.45, 2.75) is 268 Å². The summed E-state index contributed by atoms with van der Waals surface area (Å²) < 4.78 is 34.3. The number of ether oxygens (including phenoxy) is 2. The molecule has 1 fully saturated rings. The van der Waals surface area contributed by atoms with Gasteiger partial charge in [-0.05, 0) is 51.4 Å². The number of phosphoric ester groups is 1. The maximum atomic E-state index is 12.9. The van der Waals surface area contributed by atoms with E-state index in [2.05, 4.69) is 50.3 Å². The standard InChI is InChI=1S/C52H97O12P/c1-3-5-7-9-11-13-15-17-19-20-21-22-23-24-25-26-27-29-31-33-35-37-39-41-46(53)63-45(44-62-65(59,60)64-52-50(57)48(55)47(54)49(56)51(52)58)43-61-42-40-38-36-34-32-30-28-18-16-14-12-10-8-6-4-2/h15,17,20-21,23-24,45,47-52,54-58H,3-14,16,18-19,22,25-44H2,1-2H3,(H,59,60)/b17-15-,21-20-,24-23-. The molecule has 0 amide bonds. The van der Waals surface area contributed by atoms with E-state index in [0.717, 1.165) is 64.2 Å². The second kappa shape index (κ2) is 42.6. The van der Waals surface area contributed by atoms with Crippen molar-refractivity contribution >= 4 is 13.8 Å². The number of allylic oxidation sites excluding steroid dienone is 6. The SMILES string of the molecule is CCCCCCC/C=C\C/C=C\C/C=C\CCCCCCCCCCC(=O)OC(COCCCCCCCCCCCCCCCCC)COP(=O)(O)OC1C(O)C(O)C(O)C(O)C1O.